The maximum atomic E-state index is 11.3. The third-order valence-electron chi connectivity index (χ3n) is 2.50. The average molecular weight is 244 g/mol. The zero-order chi connectivity index (χ0) is 12.4. The van der Waals surface area contributed by atoms with E-state index in [2.05, 4.69) is 5.32 Å². The Morgan fingerprint density at radius 3 is 2.62 bits per heavy atom. The molecule has 0 heterocycles. The Morgan fingerprint density at radius 1 is 1.50 bits per heavy atom. The van der Waals surface area contributed by atoms with Gasteiger partial charge >= 0.3 is 0 Å². The summed E-state index contributed by atoms with van der Waals surface area (Å²) in [5, 5.41) is 20.7. The maximum absolute atomic E-state index is 11.3. The first-order valence-corrected chi connectivity index (χ1v) is 6.70. The SMILES string of the molecule is CCC(CC)C(O)CNC(=O)CSCC#N. The summed E-state index contributed by atoms with van der Waals surface area (Å²) in [6, 6.07) is 1.96. The zero-order valence-electron chi connectivity index (χ0n) is 9.90. The van der Waals surface area contributed by atoms with Gasteiger partial charge in [-0.3, -0.25) is 4.79 Å². The Morgan fingerprint density at radius 2 is 2.12 bits per heavy atom. The second-order valence-corrected chi connectivity index (χ2v) is 4.58. The Kier molecular flexibility index (Phi) is 9.06. The first-order valence-electron chi connectivity index (χ1n) is 5.55. The summed E-state index contributed by atoms with van der Waals surface area (Å²) in [6.45, 7) is 4.36. The number of aliphatic hydroxyl groups is 1. The molecule has 0 saturated heterocycles. The molecule has 0 aliphatic rings. The first-order chi connectivity index (χ1) is 7.65. The zero-order valence-corrected chi connectivity index (χ0v) is 10.7. The van der Waals surface area contributed by atoms with Crippen LogP contribution in [0.1, 0.15) is 26.7 Å². The molecule has 5 heteroatoms. The molecule has 0 fully saturated rings. The van der Waals surface area contributed by atoms with E-state index in [9.17, 15) is 9.90 Å². The smallest absolute Gasteiger partial charge is 0.230 e. The molecule has 0 aliphatic carbocycles. The summed E-state index contributed by atoms with van der Waals surface area (Å²) in [4.78, 5) is 11.3. The molecule has 0 saturated carbocycles. The summed E-state index contributed by atoms with van der Waals surface area (Å²) in [5.41, 5.74) is 0. The second kappa shape index (κ2) is 9.49. The molecule has 92 valence electrons. The van der Waals surface area contributed by atoms with Gasteiger partial charge in [-0.05, 0) is 5.92 Å². The maximum Gasteiger partial charge on any atom is 0.230 e. The van der Waals surface area contributed by atoms with Gasteiger partial charge in [0.25, 0.3) is 0 Å². The number of aliphatic hydroxyl groups excluding tert-OH is 1. The molecule has 0 aromatic heterocycles. The van der Waals surface area contributed by atoms with Crippen molar-refractivity contribution in [3.05, 3.63) is 0 Å². The number of nitrogens with zero attached hydrogens (tertiary/aromatic N) is 1. The highest BCUT2D eigenvalue weighted by Crippen LogP contribution is 2.12. The fourth-order valence-corrected chi connectivity index (χ4v) is 1.94. The van der Waals surface area contributed by atoms with Crippen LogP contribution in [0.5, 0.6) is 0 Å². The van der Waals surface area contributed by atoms with Crippen LogP contribution in [0.2, 0.25) is 0 Å². The lowest BCUT2D eigenvalue weighted by Gasteiger charge is -2.20. The van der Waals surface area contributed by atoms with Gasteiger partial charge in [-0.25, -0.2) is 0 Å². The van der Waals surface area contributed by atoms with Crippen molar-refractivity contribution in [2.24, 2.45) is 5.92 Å². The van der Waals surface area contributed by atoms with Gasteiger partial charge in [0.05, 0.1) is 23.7 Å². The van der Waals surface area contributed by atoms with Gasteiger partial charge in [-0.15, -0.1) is 11.8 Å². The monoisotopic (exact) mass is 244 g/mol. The third kappa shape index (κ3) is 6.70. The van der Waals surface area contributed by atoms with Crippen molar-refractivity contribution in [3.63, 3.8) is 0 Å². The third-order valence-corrected chi connectivity index (χ3v) is 3.30. The van der Waals surface area contributed by atoms with E-state index in [1.54, 1.807) is 0 Å². The van der Waals surface area contributed by atoms with E-state index >= 15 is 0 Å². The molecule has 4 nitrogen and oxygen atoms in total. The minimum atomic E-state index is -0.472. The summed E-state index contributed by atoms with van der Waals surface area (Å²) in [6.07, 6.45) is 1.35. The molecule has 0 aromatic rings. The number of nitriles is 1. The number of hydrogen-bond acceptors (Lipinski definition) is 4. The molecule has 0 aromatic carbocycles. The van der Waals surface area contributed by atoms with Crippen LogP contribution in [0.15, 0.2) is 0 Å². The van der Waals surface area contributed by atoms with E-state index in [-0.39, 0.29) is 17.6 Å². The molecular formula is C11H20N2O2S. The lowest BCUT2D eigenvalue weighted by atomic mass is 9.97. The molecule has 2 N–H and O–H groups in total. The summed E-state index contributed by atoms with van der Waals surface area (Å²) < 4.78 is 0. The molecular weight excluding hydrogens is 224 g/mol. The molecule has 0 rings (SSSR count). The van der Waals surface area contributed by atoms with Crippen molar-refractivity contribution in [1.29, 1.82) is 5.26 Å². The highest BCUT2D eigenvalue weighted by Gasteiger charge is 2.15. The fraction of sp³-hybridized carbons (Fsp3) is 0.818. The van der Waals surface area contributed by atoms with Crippen LogP contribution in [0, 0.1) is 17.2 Å². The van der Waals surface area contributed by atoms with Crippen LogP contribution in [0.25, 0.3) is 0 Å². The Labute approximate surface area is 101 Å². The Hall–Kier alpha value is -0.730. The van der Waals surface area contributed by atoms with Crippen LogP contribution >= 0.6 is 11.8 Å². The van der Waals surface area contributed by atoms with E-state index in [1.807, 2.05) is 19.9 Å². The van der Waals surface area contributed by atoms with Crippen molar-refractivity contribution in [2.75, 3.05) is 18.1 Å². The number of amides is 1. The van der Waals surface area contributed by atoms with E-state index in [1.165, 1.54) is 11.8 Å². The van der Waals surface area contributed by atoms with Gasteiger partial charge in [0.15, 0.2) is 0 Å². The first kappa shape index (κ1) is 15.3. The predicted octanol–water partition coefficient (Wildman–Crippen LogP) is 1.16. The largest absolute Gasteiger partial charge is 0.391 e. The number of hydrogen-bond donors (Lipinski definition) is 2. The van der Waals surface area contributed by atoms with E-state index in [0.29, 0.717) is 12.3 Å². The lowest BCUT2D eigenvalue weighted by molar-refractivity contribution is -0.119. The quantitative estimate of drug-likeness (QED) is 0.628. The Balaban J connectivity index is 3.70. The number of carbonyl (C=O) groups excluding carboxylic acids is 1. The molecule has 1 amide bonds. The van der Waals surface area contributed by atoms with Gasteiger partial charge < -0.3 is 10.4 Å². The summed E-state index contributed by atoms with van der Waals surface area (Å²) in [7, 11) is 0. The average Bonchev–Trinajstić information content (AvgIpc) is 2.28. The van der Waals surface area contributed by atoms with Gasteiger partial charge in [-0.2, -0.15) is 5.26 Å². The van der Waals surface area contributed by atoms with Crippen LogP contribution in [0.3, 0.4) is 0 Å². The van der Waals surface area contributed by atoms with Crippen molar-refractivity contribution in [2.45, 2.75) is 32.8 Å². The Bertz CT molecular complexity index is 237. The number of carbonyl (C=O) groups is 1. The normalized spacial score (nSPS) is 12.2. The van der Waals surface area contributed by atoms with Crippen molar-refractivity contribution in [3.8, 4) is 6.07 Å². The number of nitrogens with one attached hydrogen (secondary N) is 1. The van der Waals surface area contributed by atoms with Gasteiger partial charge in [0.2, 0.25) is 5.91 Å². The highest BCUT2D eigenvalue weighted by molar-refractivity contribution is 8.00. The second-order valence-electron chi connectivity index (χ2n) is 3.60. The molecule has 0 aliphatic heterocycles. The van der Waals surface area contributed by atoms with E-state index < -0.39 is 6.10 Å². The van der Waals surface area contributed by atoms with Crippen LogP contribution in [0.4, 0.5) is 0 Å². The van der Waals surface area contributed by atoms with E-state index in [0.717, 1.165) is 12.8 Å². The van der Waals surface area contributed by atoms with Gasteiger partial charge in [0, 0.05) is 6.54 Å². The molecule has 0 radical (unpaired) electrons. The van der Waals surface area contributed by atoms with E-state index in [4.69, 9.17) is 5.26 Å². The summed E-state index contributed by atoms with van der Waals surface area (Å²) >= 11 is 1.28. The number of rotatable bonds is 8. The lowest BCUT2D eigenvalue weighted by Crippen LogP contribution is -2.36. The molecule has 0 bridgehead atoms. The minimum Gasteiger partial charge on any atom is -0.391 e. The van der Waals surface area contributed by atoms with Crippen LogP contribution < -0.4 is 5.32 Å². The van der Waals surface area contributed by atoms with Gasteiger partial charge in [-0.1, -0.05) is 26.7 Å². The van der Waals surface area contributed by atoms with Crippen molar-refractivity contribution >= 4 is 17.7 Å². The molecule has 16 heavy (non-hydrogen) atoms. The standard InChI is InChI=1S/C11H20N2O2S/c1-3-9(4-2)10(14)7-13-11(15)8-16-6-5-12/h9-10,14H,3-4,6-8H2,1-2H3,(H,13,15). The number of thioether (sulfide) groups is 1. The highest BCUT2D eigenvalue weighted by atomic mass is 32.2. The topological polar surface area (TPSA) is 73.1 Å². The molecule has 0 spiro atoms. The van der Waals surface area contributed by atoms with Gasteiger partial charge in [0.1, 0.15) is 0 Å². The fourth-order valence-electron chi connectivity index (χ4n) is 1.46. The van der Waals surface area contributed by atoms with Crippen LogP contribution in [-0.4, -0.2) is 35.2 Å². The van der Waals surface area contributed by atoms with Crippen LogP contribution in [-0.2, 0) is 4.79 Å². The minimum absolute atomic E-state index is 0.120. The molecule has 1 atom stereocenters. The molecule has 1 unspecified atom stereocenters. The predicted molar refractivity (Wildman–Crippen MR) is 66.0 cm³/mol. The van der Waals surface area contributed by atoms with Crippen molar-refractivity contribution < 1.29 is 9.90 Å². The van der Waals surface area contributed by atoms with Crippen molar-refractivity contribution in [1.82, 2.24) is 5.32 Å². The summed E-state index contributed by atoms with van der Waals surface area (Å²) in [5.74, 6) is 0.725.